The van der Waals surface area contributed by atoms with Gasteiger partial charge in [-0.3, -0.25) is 0 Å². The number of hydrogen-bond acceptors (Lipinski definition) is 7. The molecule has 0 amide bonds. The smallest absolute Gasteiger partial charge is 0.175 e. The maximum absolute atomic E-state index is 10.9. The van der Waals surface area contributed by atoms with Gasteiger partial charge in [-0.1, -0.05) is 77.9 Å². The topological polar surface area (TPSA) is 107 Å². The van der Waals surface area contributed by atoms with Gasteiger partial charge in [0.2, 0.25) is 0 Å². The first kappa shape index (κ1) is 33.8. The zero-order chi connectivity index (χ0) is 31.5. The Morgan fingerprint density at radius 1 is 0.721 bits per heavy atom. The third-order valence-electron chi connectivity index (χ3n) is 6.82. The van der Waals surface area contributed by atoms with Gasteiger partial charge in [0.25, 0.3) is 0 Å². The zero-order valence-electron chi connectivity index (χ0n) is 25.4. The SMILES string of the molecule is Cc1ccc(S(C)(=O)=O)cc1.Cc1ccc(S(C)(=O)=O)cc1.NCCCN1CCc2cccc(OCc3ccccc3)c21. The van der Waals surface area contributed by atoms with E-state index in [-0.39, 0.29) is 0 Å². The summed E-state index contributed by atoms with van der Waals surface area (Å²) in [5.41, 5.74) is 11.6. The van der Waals surface area contributed by atoms with Gasteiger partial charge in [-0.15, -0.1) is 0 Å². The standard InChI is InChI=1S/C18H22N2O.2C8H10O2S/c19-11-5-12-20-13-10-16-8-4-9-17(18(16)20)21-14-15-6-2-1-3-7-15;2*1-7-3-5-8(6-4-7)11(2,9)10/h1-4,6-9H,5,10-14,19H2;2*3-6H,1-2H3. The van der Waals surface area contributed by atoms with Crippen LogP contribution in [0.1, 0.15) is 28.7 Å². The summed E-state index contributed by atoms with van der Waals surface area (Å²) in [6, 6.07) is 30.3. The van der Waals surface area contributed by atoms with Crippen molar-refractivity contribution in [3.63, 3.8) is 0 Å². The highest BCUT2D eigenvalue weighted by Gasteiger charge is 2.22. The van der Waals surface area contributed by atoms with E-state index in [9.17, 15) is 16.8 Å². The van der Waals surface area contributed by atoms with Crippen molar-refractivity contribution in [2.45, 2.75) is 43.1 Å². The average molecular weight is 623 g/mol. The lowest BCUT2D eigenvalue weighted by molar-refractivity contribution is 0.307. The third-order valence-corrected chi connectivity index (χ3v) is 9.07. The van der Waals surface area contributed by atoms with Crippen molar-refractivity contribution in [1.29, 1.82) is 0 Å². The van der Waals surface area contributed by atoms with Crippen LogP contribution in [0.3, 0.4) is 0 Å². The lowest BCUT2D eigenvalue weighted by atomic mass is 10.1. The van der Waals surface area contributed by atoms with Crippen molar-refractivity contribution in [2.75, 3.05) is 37.0 Å². The third kappa shape index (κ3) is 10.8. The van der Waals surface area contributed by atoms with Gasteiger partial charge in [0.05, 0.1) is 15.5 Å². The molecule has 230 valence electrons. The van der Waals surface area contributed by atoms with E-state index in [4.69, 9.17) is 10.5 Å². The number of ether oxygens (including phenoxy) is 1. The second-order valence-corrected chi connectivity index (χ2v) is 14.6. The first-order valence-corrected chi connectivity index (χ1v) is 17.9. The van der Waals surface area contributed by atoms with Crippen LogP contribution in [-0.4, -0.2) is 49.0 Å². The molecule has 0 saturated heterocycles. The summed E-state index contributed by atoms with van der Waals surface area (Å²) in [7, 11) is -6.04. The van der Waals surface area contributed by atoms with Crippen LogP contribution in [0, 0.1) is 13.8 Å². The van der Waals surface area contributed by atoms with Crippen molar-refractivity contribution in [3.05, 3.63) is 119 Å². The van der Waals surface area contributed by atoms with Gasteiger partial charge >= 0.3 is 0 Å². The predicted molar refractivity (Wildman–Crippen MR) is 175 cm³/mol. The Hall–Kier alpha value is -3.66. The summed E-state index contributed by atoms with van der Waals surface area (Å²) in [5.74, 6) is 0.992. The molecule has 0 atom stereocenters. The predicted octanol–water partition coefficient (Wildman–Crippen LogP) is 5.77. The second kappa shape index (κ2) is 15.7. The van der Waals surface area contributed by atoms with Crippen LogP contribution < -0.4 is 15.4 Å². The minimum atomic E-state index is -3.02. The highest BCUT2D eigenvalue weighted by Crippen LogP contribution is 2.37. The van der Waals surface area contributed by atoms with Crippen molar-refractivity contribution in [1.82, 2.24) is 0 Å². The summed E-state index contributed by atoms with van der Waals surface area (Å²) in [4.78, 5) is 3.16. The Labute approximate surface area is 257 Å². The van der Waals surface area contributed by atoms with E-state index in [2.05, 4.69) is 35.2 Å². The van der Waals surface area contributed by atoms with Crippen LogP contribution in [0.15, 0.2) is 107 Å². The number of nitrogens with zero attached hydrogens (tertiary/aromatic N) is 1. The quantitative estimate of drug-likeness (QED) is 0.266. The van der Waals surface area contributed by atoms with Crippen LogP contribution in [0.2, 0.25) is 0 Å². The Kier molecular flexibility index (Phi) is 12.4. The number of sulfone groups is 2. The number of anilines is 1. The molecule has 0 radical (unpaired) electrons. The van der Waals surface area contributed by atoms with Crippen LogP contribution in [0.4, 0.5) is 5.69 Å². The fourth-order valence-electron chi connectivity index (χ4n) is 4.42. The molecule has 0 unspecified atom stereocenters. The van der Waals surface area contributed by atoms with Gasteiger partial charge in [0, 0.05) is 25.6 Å². The fourth-order valence-corrected chi connectivity index (χ4v) is 5.69. The molecule has 7 nitrogen and oxygen atoms in total. The molecule has 9 heteroatoms. The van der Waals surface area contributed by atoms with Gasteiger partial charge in [-0.05, 0) is 74.7 Å². The summed E-state index contributed by atoms with van der Waals surface area (Å²) >= 11 is 0. The van der Waals surface area contributed by atoms with E-state index >= 15 is 0 Å². The normalized spacial score (nSPS) is 12.3. The van der Waals surface area contributed by atoms with Gasteiger partial charge in [-0.25, -0.2) is 16.8 Å². The highest BCUT2D eigenvalue weighted by atomic mass is 32.2. The number of nitrogens with two attached hydrogens (primary N) is 1. The summed E-state index contributed by atoms with van der Waals surface area (Å²) < 4.78 is 49.8. The van der Waals surface area contributed by atoms with E-state index in [0.717, 1.165) is 49.4 Å². The molecular formula is C34H42N2O5S2. The number of para-hydroxylation sites is 1. The van der Waals surface area contributed by atoms with Crippen molar-refractivity contribution in [2.24, 2.45) is 5.73 Å². The van der Waals surface area contributed by atoms with Gasteiger partial charge in [-0.2, -0.15) is 0 Å². The molecule has 1 aliphatic heterocycles. The average Bonchev–Trinajstić information content (AvgIpc) is 3.39. The van der Waals surface area contributed by atoms with Crippen LogP contribution in [0.5, 0.6) is 5.75 Å². The maximum atomic E-state index is 10.9. The van der Waals surface area contributed by atoms with Crippen molar-refractivity contribution in [3.8, 4) is 5.75 Å². The van der Waals surface area contributed by atoms with Gasteiger partial charge in [0.1, 0.15) is 12.4 Å². The maximum Gasteiger partial charge on any atom is 0.175 e. The Morgan fingerprint density at radius 3 is 1.74 bits per heavy atom. The molecule has 1 heterocycles. The summed E-state index contributed by atoms with van der Waals surface area (Å²) in [6.45, 7) is 7.27. The number of benzene rings is 4. The van der Waals surface area contributed by atoms with Crippen LogP contribution in [0.25, 0.3) is 0 Å². The summed E-state index contributed by atoms with van der Waals surface area (Å²) in [5, 5.41) is 0. The number of rotatable bonds is 8. The molecule has 0 bridgehead atoms. The molecule has 4 aromatic rings. The lowest BCUT2D eigenvalue weighted by Crippen LogP contribution is -2.24. The van der Waals surface area contributed by atoms with E-state index < -0.39 is 19.7 Å². The Morgan fingerprint density at radius 2 is 1.26 bits per heavy atom. The fraction of sp³-hybridized carbons (Fsp3) is 0.294. The number of fused-ring (bicyclic) bond motifs is 1. The molecule has 0 spiro atoms. The molecule has 1 aliphatic rings. The highest BCUT2D eigenvalue weighted by molar-refractivity contribution is 7.91. The van der Waals surface area contributed by atoms with Crippen molar-refractivity contribution >= 4 is 25.4 Å². The first-order chi connectivity index (χ1) is 20.4. The minimum absolute atomic E-state index is 0.378. The molecule has 0 aromatic heterocycles. The largest absolute Gasteiger partial charge is 0.487 e. The molecule has 5 rings (SSSR count). The van der Waals surface area contributed by atoms with Gasteiger partial charge < -0.3 is 15.4 Å². The van der Waals surface area contributed by atoms with E-state index in [1.165, 1.54) is 29.3 Å². The molecular weight excluding hydrogens is 581 g/mol. The minimum Gasteiger partial charge on any atom is -0.487 e. The number of aryl methyl sites for hydroxylation is 2. The number of hydrogen-bond donors (Lipinski definition) is 1. The molecule has 2 N–H and O–H groups in total. The van der Waals surface area contributed by atoms with Gasteiger partial charge in [0.15, 0.2) is 19.7 Å². The molecule has 0 aliphatic carbocycles. The molecule has 0 saturated carbocycles. The van der Waals surface area contributed by atoms with Crippen LogP contribution >= 0.6 is 0 Å². The first-order valence-electron chi connectivity index (χ1n) is 14.2. The van der Waals surface area contributed by atoms with E-state index in [0.29, 0.717) is 16.4 Å². The molecule has 4 aromatic carbocycles. The van der Waals surface area contributed by atoms with Crippen LogP contribution in [-0.2, 0) is 32.7 Å². The molecule has 43 heavy (non-hydrogen) atoms. The molecule has 0 fully saturated rings. The second-order valence-electron chi connectivity index (χ2n) is 10.6. The Balaban J connectivity index is 0.000000195. The zero-order valence-corrected chi connectivity index (χ0v) is 27.0. The lowest BCUT2D eigenvalue weighted by Gasteiger charge is -2.22. The van der Waals surface area contributed by atoms with E-state index in [1.54, 1.807) is 48.5 Å². The van der Waals surface area contributed by atoms with Crippen molar-refractivity contribution < 1.29 is 21.6 Å². The summed E-state index contributed by atoms with van der Waals surface area (Å²) in [6.07, 6.45) is 4.53. The van der Waals surface area contributed by atoms with E-state index in [1.807, 2.05) is 32.0 Å². The Bertz CT molecular complexity index is 1580. The monoisotopic (exact) mass is 622 g/mol.